The molecule has 1 rings (SSSR count). The van der Waals surface area contributed by atoms with Gasteiger partial charge in [-0.3, -0.25) is 4.79 Å². The number of rotatable bonds is 13. The normalized spacial score (nSPS) is 13.3. The molecular formula is C25H38O7. The van der Waals surface area contributed by atoms with Crippen molar-refractivity contribution in [2.24, 2.45) is 11.8 Å². The molecule has 0 aliphatic heterocycles. The van der Waals surface area contributed by atoms with Crippen LogP contribution in [0.2, 0.25) is 0 Å². The highest BCUT2D eigenvalue weighted by Crippen LogP contribution is 2.23. The van der Waals surface area contributed by atoms with Crippen molar-refractivity contribution in [2.45, 2.75) is 79.1 Å². The molecule has 2 atom stereocenters. The number of carbonyl (C=O) groups is 3. The molecule has 0 aromatic heterocycles. The van der Waals surface area contributed by atoms with E-state index in [4.69, 9.17) is 18.9 Å². The van der Waals surface area contributed by atoms with Crippen LogP contribution in [0.5, 0.6) is 0 Å². The Labute approximate surface area is 191 Å². The molecule has 0 unspecified atom stereocenters. The zero-order chi connectivity index (χ0) is 24.1. The maximum absolute atomic E-state index is 13.0. The first-order chi connectivity index (χ1) is 15.0. The van der Waals surface area contributed by atoms with Crippen molar-refractivity contribution in [1.82, 2.24) is 0 Å². The minimum atomic E-state index is -1.26. The Bertz CT molecular complexity index is 707. The van der Waals surface area contributed by atoms with Crippen LogP contribution in [0.15, 0.2) is 30.3 Å². The lowest BCUT2D eigenvalue weighted by Crippen LogP contribution is -2.41. The van der Waals surface area contributed by atoms with E-state index in [1.54, 1.807) is 20.8 Å². The second kappa shape index (κ2) is 13.9. The summed E-state index contributed by atoms with van der Waals surface area (Å²) in [6.45, 7) is 10.9. The van der Waals surface area contributed by atoms with Crippen LogP contribution in [0.3, 0.4) is 0 Å². The summed E-state index contributed by atoms with van der Waals surface area (Å²) in [6.07, 6.45) is 0.628. The van der Waals surface area contributed by atoms with Gasteiger partial charge < -0.3 is 18.9 Å². The van der Waals surface area contributed by atoms with Crippen LogP contribution < -0.4 is 0 Å². The predicted octanol–water partition coefficient (Wildman–Crippen LogP) is 4.46. The van der Waals surface area contributed by atoms with E-state index in [1.165, 1.54) is 0 Å². The van der Waals surface area contributed by atoms with Crippen LogP contribution >= 0.6 is 0 Å². The molecule has 0 saturated heterocycles. The summed E-state index contributed by atoms with van der Waals surface area (Å²) in [6, 6.07) is 9.28. The van der Waals surface area contributed by atoms with E-state index in [2.05, 4.69) is 0 Å². The minimum Gasteiger partial charge on any atom is -0.464 e. The second-order valence-electron chi connectivity index (χ2n) is 9.17. The molecule has 32 heavy (non-hydrogen) atoms. The van der Waals surface area contributed by atoms with Crippen molar-refractivity contribution in [2.75, 3.05) is 13.2 Å². The van der Waals surface area contributed by atoms with Gasteiger partial charge in [-0.2, -0.15) is 0 Å². The highest BCUT2D eigenvalue weighted by molar-refractivity contribution is 5.84. The van der Waals surface area contributed by atoms with Gasteiger partial charge in [0.2, 0.25) is 0 Å². The smallest absolute Gasteiger partial charge is 0.336 e. The topological polar surface area (TPSA) is 88.1 Å². The highest BCUT2D eigenvalue weighted by atomic mass is 16.6. The highest BCUT2D eigenvalue weighted by Gasteiger charge is 2.38. The lowest BCUT2D eigenvalue weighted by molar-refractivity contribution is -0.179. The van der Waals surface area contributed by atoms with Crippen molar-refractivity contribution in [1.29, 1.82) is 0 Å². The number of carbonyl (C=O) groups excluding carboxylic acids is 3. The fourth-order valence-corrected chi connectivity index (χ4v) is 2.96. The maximum Gasteiger partial charge on any atom is 0.336 e. The molecule has 180 valence electrons. The quantitative estimate of drug-likeness (QED) is 0.249. The lowest BCUT2D eigenvalue weighted by atomic mass is 9.92. The van der Waals surface area contributed by atoms with Gasteiger partial charge in [0.05, 0.1) is 12.5 Å². The molecule has 0 fully saturated rings. The van der Waals surface area contributed by atoms with Crippen molar-refractivity contribution in [3.63, 3.8) is 0 Å². The van der Waals surface area contributed by atoms with Crippen molar-refractivity contribution < 1.29 is 33.3 Å². The largest absolute Gasteiger partial charge is 0.464 e. The van der Waals surface area contributed by atoms with E-state index in [0.717, 1.165) is 12.0 Å². The van der Waals surface area contributed by atoms with Crippen molar-refractivity contribution in [3.05, 3.63) is 35.9 Å². The third-order valence-corrected chi connectivity index (χ3v) is 4.39. The molecule has 0 spiro atoms. The molecule has 7 heteroatoms. The van der Waals surface area contributed by atoms with E-state index in [0.29, 0.717) is 12.8 Å². The Morgan fingerprint density at radius 1 is 0.969 bits per heavy atom. The second-order valence-corrected chi connectivity index (χ2v) is 9.17. The van der Waals surface area contributed by atoms with Crippen LogP contribution in [0.4, 0.5) is 0 Å². The van der Waals surface area contributed by atoms with Crippen LogP contribution in [0, 0.1) is 11.8 Å². The SMILES string of the molecule is CCCCOC(=O)[C@H](OCC(=O)OC(C)(C)C)[C@@H](CC(C)C)C(=O)OCc1ccccc1. The van der Waals surface area contributed by atoms with Crippen LogP contribution in [-0.2, 0) is 39.9 Å². The molecule has 0 bridgehead atoms. The van der Waals surface area contributed by atoms with Crippen LogP contribution in [0.25, 0.3) is 0 Å². The first kappa shape index (κ1) is 27.6. The Morgan fingerprint density at radius 3 is 2.19 bits per heavy atom. The first-order valence-electron chi connectivity index (χ1n) is 11.2. The Morgan fingerprint density at radius 2 is 1.62 bits per heavy atom. The number of ether oxygens (including phenoxy) is 4. The number of hydrogen-bond acceptors (Lipinski definition) is 7. The summed E-state index contributed by atoms with van der Waals surface area (Å²) in [5.41, 5.74) is 0.143. The van der Waals surface area contributed by atoms with Gasteiger partial charge in [0, 0.05) is 0 Å². The van der Waals surface area contributed by atoms with Crippen LogP contribution in [0.1, 0.15) is 66.4 Å². The van der Waals surface area contributed by atoms with E-state index in [-0.39, 0.29) is 19.1 Å². The lowest BCUT2D eigenvalue weighted by Gasteiger charge is -2.26. The number of hydrogen-bond donors (Lipinski definition) is 0. The molecule has 0 aliphatic rings. The Balaban J connectivity index is 2.97. The molecule has 7 nitrogen and oxygen atoms in total. The number of benzene rings is 1. The molecule has 1 aromatic carbocycles. The molecule has 0 radical (unpaired) electrons. The fourth-order valence-electron chi connectivity index (χ4n) is 2.96. The van der Waals surface area contributed by atoms with E-state index in [9.17, 15) is 14.4 Å². The summed E-state index contributed by atoms with van der Waals surface area (Å²) in [5, 5.41) is 0. The summed E-state index contributed by atoms with van der Waals surface area (Å²) < 4.78 is 21.7. The zero-order valence-corrected chi connectivity index (χ0v) is 20.2. The van der Waals surface area contributed by atoms with Gasteiger partial charge in [-0.1, -0.05) is 57.5 Å². The zero-order valence-electron chi connectivity index (χ0n) is 20.2. The predicted molar refractivity (Wildman–Crippen MR) is 121 cm³/mol. The third kappa shape index (κ3) is 11.3. The third-order valence-electron chi connectivity index (χ3n) is 4.39. The molecule has 0 aliphatic carbocycles. The summed E-state index contributed by atoms with van der Waals surface area (Å²) in [4.78, 5) is 37.9. The average Bonchev–Trinajstić information content (AvgIpc) is 2.70. The Hall–Kier alpha value is -2.41. The van der Waals surface area contributed by atoms with Gasteiger partial charge in [0.25, 0.3) is 0 Å². The number of unbranched alkanes of at least 4 members (excludes halogenated alkanes) is 1. The molecule has 0 N–H and O–H groups in total. The van der Waals surface area contributed by atoms with Gasteiger partial charge in [-0.25, -0.2) is 9.59 Å². The molecule has 0 saturated carbocycles. The Kier molecular flexibility index (Phi) is 12.0. The van der Waals surface area contributed by atoms with Crippen molar-refractivity contribution in [3.8, 4) is 0 Å². The van der Waals surface area contributed by atoms with E-state index in [1.807, 2.05) is 51.1 Å². The monoisotopic (exact) mass is 450 g/mol. The fraction of sp³-hybridized carbons (Fsp3) is 0.640. The summed E-state index contributed by atoms with van der Waals surface area (Å²) in [5.74, 6) is -2.69. The molecule has 0 amide bonds. The van der Waals surface area contributed by atoms with Gasteiger partial charge in [-0.15, -0.1) is 0 Å². The molecule has 0 heterocycles. The van der Waals surface area contributed by atoms with Gasteiger partial charge >= 0.3 is 17.9 Å². The molecular weight excluding hydrogens is 412 g/mol. The van der Waals surface area contributed by atoms with Crippen LogP contribution in [-0.4, -0.2) is 42.8 Å². The maximum atomic E-state index is 13.0. The first-order valence-corrected chi connectivity index (χ1v) is 11.2. The molecule has 1 aromatic rings. The van der Waals surface area contributed by atoms with Crippen molar-refractivity contribution >= 4 is 17.9 Å². The number of esters is 3. The van der Waals surface area contributed by atoms with E-state index >= 15 is 0 Å². The standard InChI is InChI=1S/C25H38O7/c1-7-8-14-29-24(28)22(30-17-21(26)32-25(4,5)6)20(15-18(2)3)23(27)31-16-19-12-10-9-11-13-19/h9-13,18,20,22H,7-8,14-17H2,1-6H3/t20-,22-/m1/s1. The van der Waals surface area contributed by atoms with Gasteiger partial charge in [0.15, 0.2) is 6.10 Å². The summed E-state index contributed by atoms with van der Waals surface area (Å²) >= 11 is 0. The van der Waals surface area contributed by atoms with E-state index < -0.39 is 42.1 Å². The summed E-state index contributed by atoms with van der Waals surface area (Å²) in [7, 11) is 0. The minimum absolute atomic E-state index is 0.0813. The van der Waals surface area contributed by atoms with Gasteiger partial charge in [0.1, 0.15) is 18.8 Å². The van der Waals surface area contributed by atoms with Gasteiger partial charge in [-0.05, 0) is 45.1 Å². The average molecular weight is 451 g/mol.